The Balaban J connectivity index is 2.10. The minimum Gasteiger partial charge on any atom is -0.352 e. The summed E-state index contributed by atoms with van der Waals surface area (Å²) in [5.41, 5.74) is 1.67. The number of carbonyl (C=O) groups excluding carboxylic acids is 2. The fourth-order valence-corrected chi connectivity index (χ4v) is 6.18. The Bertz CT molecular complexity index is 1430. The van der Waals surface area contributed by atoms with Crippen LogP contribution in [0.5, 0.6) is 0 Å². The molecule has 3 aromatic carbocycles. The Hall–Kier alpha value is -2.78. The van der Waals surface area contributed by atoms with E-state index in [0.717, 1.165) is 9.87 Å². The Morgan fingerprint density at radius 3 is 2.00 bits per heavy atom. The molecule has 3 aromatic rings. The van der Waals surface area contributed by atoms with Crippen LogP contribution >= 0.6 is 34.8 Å². The second kappa shape index (κ2) is 13.7. The van der Waals surface area contributed by atoms with Gasteiger partial charge < -0.3 is 10.2 Å². The van der Waals surface area contributed by atoms with Crippen LogP contribution < -0.4 is 9.62 Å². The van der Waals surface area contributed by atoms with Crippen LogP contribution in [0.3, 0.4) is 0 Å². The van der Waals surface area contributed by atoms with E-state index >= 15 is 0 Å². The van der Waals surface area contributed by atoms with Crippen LogP contribution in [0.4, 0.5) is 5.69 Å². The number of anilines is 1. The van der Waals surface area contributed by atoms with E-state index in [1.165, 1.54) is 29.2 Å². The summed E-state index contributed by atoms with van der Waals surface area (Å²) in [6, 6.07) is 16.4. The second-order valence-corrected chi connectivity index (χ2v) is 12.7. The van der Waals surface area contributed by atoms with Gasteiger partial charge in [-0.15, -0.1) is 0 Å². The van der Waals surface area contributed by atoms with Gasteiger partial charge in [0.25, 0.3) is 10.0 Å². The highest BCUT2D eigenvalue weighted by Crippen LogP contribution is 2.29. The molecule has 3 rings (SSSR count). The van der Waals surface area contributed by atoms with Gasteiger partial charge in [0.05, 0.1) is 10.6 Å². The SMILES string of the molecule is CC[C@@H](C(=O)NC(C)C)N(Cc1c(Cl)cccc1Cl)C(=O)CN(c1ccc(C)cc1)S(=O)(=O)c1ccc(Cl)cc1. The highest BCUT2D eigenvalue weighted by Gasteiger charge is 2.34. The molecule has 0 unspecified atom stereocenters. The standard InChI is InChI=1S/C29H32Cl3N3O4S/c1-5-27(29(37)33-19(2)3)34(17-24-25(31)7-6-8-26(24)32)28(36)18-35(22-13-9-20(4)10-14-22)40(38,39)23-15-11-21(30)12-16-23/h6-16,19,27H,5,17-18H2,1-4H3,(H,33,37)/t27-/m0/s1. The Labute approximate surface area is 251 Å². The molecular formula is C29H32Cl3N3O4S. The fraction of sp³-hybridized carbons (Fsp3) is 0.310. The first-order valence-corrected chi connectivity index (χ1v) is 15.3. The molecule has 0 saturated heterocycles. The van der Waals surface area contributed by atoms with E-state index in [1.807, 2.05) is 20.8 Å². The van der Waals surface area contributed by atoms with E-state index in [0.29, 0.717) is 26.3 Å². The summed E-state index contributed by atoms with van der Waals surface area (Å²) in [4.78, 5) is 28.6. The molecule has 1 atom stereocenters. The smallest absolute Gasteiger partial charge is 0.264 e. The molecule has 0 aliphatic carbocycles. The van der Waals surface area contributed by atoms with Crippen molar-refractivity contribution in [2.75, 3.05) is 10.8 Å². The third-order valence-corrected chi connectivity index (χ3v) is 8.96. The van der Waals surface area contributed by atoms with Gasteiger partial charge in [0.2, 0.25) is 11.8 Å². The monoisotopic (exact) mass is 623 g/mol. The van der Waals surface area contributed by atoms with Crippen molar-refractivity contribution in [1.29, 1.82) is 0 Å². The van der Waals surface area contributed by atoms with Gasteiger partial charge in [-0.1, -0.05) is 65.5 Å². The molecule has 0 saturated carbocycles. The van der Waals surface area contributed by atoms with Crippen molar-refractivity contribution in [2.45, 2.75) is 57.6 Å². The van der Waals surface area contributed by atoms with Crippen molar-refractivity contribution in [1.82, 2.24) is 10.2 Å². The third kappa shape index (κ3) is 7.69. The largest absolute Gasteiger partial charge is 0.352 e. The summed E-state index contributed by atoms with van der Waals surface area (Å²) in [5.74, 6) is -0.962. The Morgan fingerprint density at radius 2 is 1.48 bits per heavy atom. The molecule has 11 heteroatoms. The van der Waals surface area contributed by atoms with Crippen LogP contribution in [-0.2, 0) is 26.2 Å². The molecule has 7 nitrogen and oxygen atoms in total. The molecule has 0 radical (unpaired) electrons. The van der Waals surface area contributed by atoms with Gasteiger partial charge in [0.15, 0.2) is 0 Å². The van der Waals surface area contributed by atoms with Gasteiger partial charge in [0.1, 0.15) is 12.6 Å². The number of hydrogen-bond acceptors (Lipinski definition) is 4. The number of amides is 2. The third-order valence-electron chi connectivity index (χ3n) is 6.21. The number of nitrogens with one attached hydrogen (secondary N) is 1. The van der Waals surface area contributed by atoms with Gasteiger partial charge in [-0.25, -0.2) is 8.42 Å². The van der Waals surface area contributed by atoms with Crippen LogP contribution in [0, 0.1) is 6.92 Å². The lowest BCUT2D eigenvalue weighted by atomic mass is 10.1. The number of nitrogens with zero attached hydrogens (tertiary/aromatic N) is 2. The van der Waals surface area contributed by atoms with Crippen LogP contribution in [0.1, 0.15) is 38.3 Å². The number of rotatable bonds is 11. The predicted molar refractivity (Wildman–Crippen MR) is 162 cm³/mol. The summed E-state index contributed by atoms with van der Waals surface area (Å²) in [6.07, 6.45) is 0.279. The van der Waals surface area contributed by atoms with Crippen molar-refractivity contribution in [3.8, 4) is 0 Å². The maximum absolute atomic E-state index is 14.1. The molecule has 1 N–H and O–H groups in total. The van der Waals surface area contributed by atoms with Gasteiger partial charge in [-0.3, -0.25) is 13.9 Å². The number of carbonyl (C=O) groups is 2. The first-order valence-electron chi connectivity index (χ1n) is 12.7. The van der Waals surface area contributed by atoms with E-state index in [-0.39, 0.29) is 29.8 Å². The molecule has 0 fully saturated rings. The van der Waals surface area contributed by atoms with Crippen LogP contribution in [0.15, 0.2) is 71.6 Å². The zero-order valence-electron chi connectivity index (χ0n) is 22.7. The number of sulfonamides is 1. The molecule has 0 aliphatic heterocycles. The van der Waals surface area contributed by atoms with E-state index in [4.69, 9.17) is 34.8 Å². The number of hydrogen-bond donors (Lipinski definition) is 1. The fourth-order valence-electron chi connectivity index (χ4n) is 4.13. The molecule has 2 amide bonds. The van der Waals surface area contributed by atoms with Crippen LogP contribution in [0.2, 0.25) is 15.1 Å². The van der Waals surface area contributed by atoms with Crippen molar-refractivity contribution < 1.29 is 18.0 Å². The van der Waals surface area contributed by atoms with Crippen LogP contribution in [-0.4, -0.2) is 43.8 Å². The summed E-state index contributed by atoms with van der Waals surface area (Å²) >= 11 is 18.9. The molecule has 0 aliphatic rings. The van der Waals surface area contributed by atoms with Gasteiger partial charge in [-0.05, 0) is 75.7 Å². The maximum atomic E-state index is 14.1. The van der Waals surface area contributed by atoms with Crippen molar-refractivity contribution in [3.05, 3.63) is 92.9 Å². The van der Waals surface area contributed by atoms with Gasteiger partial charge in [0, 0.05) is 33.2 Å². The topological polar surface area (TPSA) is 86.8 Å². The molecule has 0 spiro atoms. The zero-order valence-corrected chi connectivity index (χ0v) is 25.8. The van der Waals surface area contributed by atoms with Crippen molar-refractivity contribution in [3.63, 3.8) is 0 Å². The van der Waals surface area contributed by atoms with Gasteiger partial charge in [-0.2, -0.15) is 0 Å². The molecule has 0 bridgehead atoms. The normalized spacial score (nSPS) is 12.2. The van der Waals surface area contributed by atoms with Gasteiger partial charge >= 0.3 is 0 Å². The number of benzene rings is 3. The lowest BCUT2D eigenvalue weighted by Crippen LogP contribution is -2.53. The van der Waals surface area contributed by atoms with E-state index in [2.05, 4.69) is 5.32 Å². The number of aryl methyl sites for hydroxylation is 1. The lowest BCUT2D eigenvalue weighted by Gasteiger charge is -2.34. The summed E-state index contributed by atoms with van der Waals surface area (Å²) < 4.78 is 28.8. The lowest BCUT2D eigenvalue weighted by molar-refractivity contribution is -0.140. The molecular weight excluding hydrogens is 593 g/mol. The average Bonchev–Trinajstić information content (AvgIpc) is 2.89. The quantitative estimate of drug-likeness (QED) is 0.265. The first kappa shape index (κ1) is 31.7. The minimum atomic E-state index is -4.20. The Kier molecular flexibility index (Phi) is 10.9. The molecule has 0 aromatic heterocycles. The molecule has 214 valence electrons. The molecule has 40 heavy (non-hydrogen) atoms. The van der Waals surface area contributed by atoms with E-state index < -0.39 is 28.5 Å². The van der Waals surface area contributed by atoms with E-state index in [9.17, 15) is 18.0 Å². The zero-order chi connectivity index (χ0) is 29.6. The van der Waals surface area contributed by atoms with Crippen molar-refractivity contribution >= 4 is 62.3 Å². The summed E-state index contributed by atoms with van der Waals surface area (Å²) in [6.45, 7) is 6.63. The maximum Gasteiger partial charge on any atom is 0.264 e. The Morgan fingerprint density at radius 1 is 0.900 bits per heavy atom. The highest BCUT2D eigenvalue weighted by atomic mass is 35.5. The average molecular weight is 625 g/mol. The molecule has 0 heterocycles. The highest BCUT2D eigenvalue weighted by molar-refractivity contribution is 7.92. The summed E-state index contributed by atoms with van der Waals surface area (Å²) in [5, 5.41) is 3.88. The van der Waals surface area contributed by atoms with Crippen molar-refractivity contribution in [2.24, 2.45) is 0 Å². The second-order valence-electron chi connectivity index (χ2n) is 9.61. The predicted octanol–water partition coefficient (Wildman–Crippen LogP) is 6.48. The number of halogens is 3. The first-order chi connectivity index (χ1) is 18.8. The minimum absolute atomic E-state index is 0.0319. The van der Waals surface area contributed by atoms with Crippen LogP contribution in [0.25, 0.3) is 0 Å². The summed E-state index contributed by atoms with van der Waals surface area (Å²) in [7, 11) is -4.20. The van der Waals surface area contributed by atoms with E-state index in [1.54, 1.807) is 49.4 Å².